The number of hydrogen-bond donors (Lipinski definition) is 1. The zero-order valence-corrected chi connectivity index (χ0v) is 21.6. The average Bonchev–Trinajstić information content (AvgIpc) is 3.38. The highest BCUT2D eigenvalue weighted by Gasteiger charge is 2.48. The van der Waals surface area contributed by atoms with Crippen LogP contribution in [0.4, 0.5) is 0 Å². The van der Waals surface area contributed by atoms with Crippen LogP contribution in [-0.4, -0.2) is 28.7 Å². The molecule has 3 aromatic carbocycles. The van der Waals surface area contributed by atoms with Gasteiger partial charge >= 0.3 is 0 Å². The molecular formula is C33H31ClN2O. The average molecular weight is 507 g/mol. The van der Waals surface area contributed by atoms with Crippen LogP contribution in [0.3, 0.4) is 0 Å². The quantitative estimate of drug-likeness (QED) is 0.266. The van der Waals surface area contributed by atoms with Gasteiger partial charge in [0.1, 0.15) is 0 Å². The van der Waals surface area contributed by atoms with Crippen molar-refractivity contribution >= 4 is 11.6 Å². The van der Waals surface area contributed by atoms with E-state index in [4.69, 9.17) is 18.2 Å². The molecule has 0 bridgehead atoms. The van der Waals surface area contributed by atoms with Gasteiger partial charge in [0.25, 0.3) is 0 Å². The van der Waals surface area contributed by atoms with Crippen LogP contribution in [-0.2, 0) is 5.54 Å². The van der Waals surface area contributed by atoms with Gasteiger partial charge < -0.3 is 5.11 Å². The van der Waals surface area contributed by atoms with Crippen molar-refractivity contribution in [3.63, 3.8) is 0 Å². The fourth-order valence-electron chi connectivity index (χ4n) is 5.92. The zero-order chi connectivity index (χ0) is 25.7. The largest absolute Gasteiger partial charge is 0.391 e. The van der Waals surface area contributed by atoms with E-state index >= 15 is 0 Å². The van der Waals surface area contributed by atoms with Gasteiger partial charge in [0.05, 0.1) is 18.2 Å². The molecule has 5 rings (SSSR count). The van der Waals surface area contributed by atoms with E-state index in [9.17, 15) is 5.11 Å². The number of likely N-dealkylation sites (tertiary alicyclic amines) is 1. The van der Waals surface area contributed by atoms with Crippen molar-refractivity contribution in [2.24, 2.45) is 0 Å². The molecule has 0 aromatic heterocycles. The van der Waals surface area contributed by atoms with E-state index in [2.05, 4.69) is 101 Å². The molecule has 1 fully saturated rings. The SMILES string of the molecule is [C-]#[N+]C1=CC=C(C[C@@H](O)[C@@H]2CCCN2C(c2ccccc2)(c2ccccc2)c2ccccc2)C(Cl)=CC1. The lowest BCUT2D eigenvalue weighted by Gasteiger charge is -2.47. The molecule has 0 amide bonds. The van der Waals surface area contributed by atoms with Gasteiger partial charge in [-0.15, -0.1) is 0 Å². The standard InChI is InChI=1S/C33H31ClN2O/c1-35-29-20-19-25(30(34)22-21-29)24-32(37)31-18-11-23-36(31)33(26-12-5-2-6-13-26,27-14-7-3-8-15-27)28-16-9-4-10-17-28/h2-10,12-17,19-20,22,31-32,37H,11,18,21,23-24H2/t31-,32+/m0/s1. The Labute approximate surface area is 224 Å². The Hall–Kier alpha value is -3.42. The first kappa shape index (κ1) is 25.2. The molecular weight excluding hydrogens is 476 g/mol. The third-order valence-corrected chi connectivity index (χ3v) is 7.99. The lowest BCUT2D eigenvalue weighted by molar-refractivity contribution is 0.0341. The highest BCUT2D eigenvalue weighted by atomic mass is 35.5. The van der Waals surface area contributed by atoms with E-state index < -0.39 is 11.6 Å². The maximum Gasteiger partial charge on any atom is 0.169 e. The van der Waals surface area contributed by atoms with Gasteiger partial charge in [0, 0.05) is 30.5 Å². The first-order valence-electron chi connectivity index (χ1n) is 12.9. The number of aliphatic hydroxyl groups is 1. The van der Waals surface area contributed by atoms with E-state index in [1.807, 2.05) is 18.2 Å². The summed E-state index contributed by atoms with van der Waals surface area (Å²) in [4.78, 5) is 6.08. The van der Waals surface area contributed by atoms with Crippen LogP contribution in [0.5, 0.6) is 0 Å². The van der Waals surface area contributed by atoms with Crippen LogP contribution in [0, 0.1) is 6.57 Å². The monoisotopic (exact) mass is 506 g/mol. The third-order valence-electron chi connectivity index (χ3n) is 7.60. The summed E-state index contributed by atoms with van der Waals surface area (Å²) in [7, 11) is 0. The predicted octanol–water partition coefficient (Wildman–Crippen LogP) is 7.45. The molecule has 2 atom stereocenters. The van der Waals surface area contributed by atoms with Crippen molar-refractivity contribution in [1.82, 2.24) is 4.90 Å². The molecule has 37 heavy (non-hydrogen) atoms. The topological polar surface area (TPSA) is 27.8 Å². The summed E-state index contributed by atoms with van der Waals surface area (Å²) < 4.78 is 0. The van der Waals surface area contributed by atoms with Crippen LogP contribution >= 0.6 is 11.6 Å². The summed E-state index contributed by atoms with van der Waals surface area (Å²) in [6.45, 7) is 8.21. The van der Waals surface area contributed by atoms with Crippen molar-refractivity contribution in [3.05, 3.63) is 154 Å². The van der Waals surface area contributed by atoms with E-state index in [0.29, 0.717) is 23.6 Å². The number of benzene rings is 3. The second kappa shape index (κ2) is 11.3. The number of nitrogens with zero attached hydrogens (tertiary/aromatic N) is 2. The number of aliphatic hydroxyl groups excluding tert-OH is 1. The minimum Gasteiger partial charge on any atom is -0.391 e. The molecule has 186 valence electrons. The molecule has 0 radical (unpaired) electrons. The Morgan fingerprint density at radius 2 is 1.43 bits per heavy atom. The molecule has 1 aliphatic heterocycles. The maximum atomic E-state index is 11.8. The third kappa shape index (κ3) is 4.93. The molecule has 1 heterocycles. The summed E-state index contributed by atoms with van der Waals surface area (Å²) in [5.74, 6) is 0. The molecule has 2 aliphatic rings. The van der Waals surface area contributed by atoms with Crippen LogP contribution in [0.15, 0.2) is 126 Å². The van der Waals surface area contributed by atoms with E-state index in [-0.39, 0.29) is 6.04 Å². The second-order valence-electron chi connectivity index (χ2n) is 9.70. The minimum absolute atomic E-state index is 0.0708. The lowest BCUT2D eigenvalue weighted by Crippen LogP contribution is -2.53. The Balaban J connectivity index is 1.61. The van der Waals surface area contributed by atoms with Gasteiger partial charge in [-0.05, 0) is 35.1 Å². The molecule has 1 saturated heterocycles. The van der Waals surface area contributed by atoms with Gasteiger partial charge in [-0.25, -0.2) is 4.85 Å². The first-order valence-corrected chi connectivity index (χ1v) is 13.3. The lowest BCUT2D eigenvalue weighted by atomic mass is 9.74. The number of allylic oxidation sites excluding steroid dienone is 4. The Morgan fingerprint density at radius 1 is 0.892 bits per heavy atom. The van der Waals surface area contributed by atoms with Crippen molar-refractivity contribution < 1.29 is 5.11 Å². The van der Waals surface area contributed by atoms with E-state index in [0.717, 1.165) is 25.0 Å². The molecule has 3 aromatic rings. The van der Waals surface area contributed by atoms with Gasteiger partial charge in [-0.2, -0.15) is 0 Å². The highest BCUT2D eigenvalue weighted by molar-refractivity contribution is 6.32. The zero-order valence-electron chi connectivity index (χ0n) is 20.8. The summed E-state index contributed by atoms with van der Waals surface area (Å²) >= 11 is 6.61. The molecule has 0 saturated carbocycles. The molecule has 0 spiro atoms. The normalized spacial score (nSPS) is 19.3. The van der Waals surface area contributed by atoms with Crippen LogP contribution < -0.4 is 0 Å². The summed E-state index contributed by atoms with van der Waals surface area (Å²) in [5, 5.41) is 12.4. The molecule has 1 N–H and O–H groups in total. The van der Waals surface area contributed by atoms with Gasteiger partial charge in [0.2, 0.25) is 0 Å². The Kier molecular flexibility index (Phi) is 7.72. The summed E-state index contributed by atoms with van der Waals surface area (Å²) in [6.07, 6.45) is 7.85. The highest BCUT2D eigenvalue weighted by Crippen LogP contribution is 2.47. The smallest absolute Gasteiger partial charge is 0.169 e. The van der Waals surface area contributed by atoms with Gasteiger partial charge in [0.15, 0.2) is 5.70 Å². The van der Waals surface area contributed by atoms with Crippen LogP contribution in [0.25, 0.3) is 4.85 Å². The van der Waals surface area contributed by atoms with Crippen molar-refractivity contribution in [2.75, 3.05) is 6.54 Å². The van der Waals surface area contributed by atoms with E-state index in [1.54, 1.807) is 0 Å². The number of rotatable bonds is 7. The van der Waals surface area contributed by atoms with Crippen molar-refractivity contribution in [2.45, 2.75) is 43.4 Å². The van der Waals surface area contributed by atoms with E-state index in [1.165, 1.54) is 16.7 Å². The Morgan fingerprint density at radius 3 is 1.95 bits per heavy atom. The van der Waals surface area contributed by atoms with Crippen LogP contribution in [0.2, 0.25) is 0 Å². The predicted molar refractivity (Wildman–Crippen MR) is 151 cm³/mol. The first-order chi connectivity index (χ1) is 18.1. The van der Waals surface area contributed by atoms with Crippen molar-refractivity contribution in [1.29, 1.82) is 0 Å². The fraction of sp³-hybridized carbons (Fsp3) is 0.242. The number of hydrogen-bond acceptors (Lipinski definition) is 2. The number of halogens is 1. The Bertz CT molecular complexity index is 1240. The van der Waals surface area contributed by atoms with Gasteiger partial charge in [-0.3, -0.25) is 4.90 Å². The van der Waals surface area contributed by atoms with Gasteiger partial charge in [-0.1, -0.05) is 121 Å². The summed E-state index contributed by atoms with van der Waals surface area (Å²) in [5.41, 5.74) is 4.53. The molecule has 1 aliphatic carbocycles. The van der Waals surface area contributed by atoms with Crippen molar-refractivity contribution in [3.8, 4) is 0 Å². The second-order valence-corrected chi connectivity index (χ2v) is 10.1. The van der Waals surface area contributed by atoms with Crippen LogP contribution in [0.1, 0.15) is 42.4 Å². The molecule has 4 heteroatoms. The summed E-state index contributed by atoms with van der Waals surface area (Å²) in [6, 6.07) is 31.9. The fourth-order valence-corrected chi connectivity index (χ4v) is 6.14. The molecule has 0 unspecified atom stereocenters. The maximum absolute atomic E-state index is 11.8. The molecule has 3 nitrogen and oxygen atoms in total. The minimum atomic E-state index is -0.616.